The van der Waals surface area contributed by atoms with Crippen LogP contribution in [0.1, 0.15) is 39.5 Å². The number of nitrogens with zero attached hydrogens (tertiary/aromatic N) is 2. The fourth-order valence-electron chi connectivity index (χ4n) is 2.68. The molecule has 0 aromatic heterocycles. The maximum Gasteiger partial charge on any atom is 0.0223 e. The average molecular weight is 241 g/mol. The third-order valence-corrected chi connectivity index (χ3v) is 3.93. The Labute approximate surface area is 107 Å². The van der Waals surface area contributed by atoms with E-state index in [4.69, 9.17) is 5.73 Å². The van der Waals surface area contributed by atoms with Crippen LogP contribution in [0.25, 0.3) is 0 Å². The van der Waals surface area contributed by atoms with Gasteiger partial charge in [0.2, 0.25) is 0 Å². The summed E-state index contributed by atoms with van der Waals surface area (Å²) < 4.78 is 0. The van der Waals surface area contributed by atoms with Crippen molar-refractivity contribution in [2.75, 3.05) is 40.3 Å². The number of likely N-dealkylation sites (tertiary alicyclic amines) is 1. The van der Waals surface area contributed by atoms with Crippen molar-refractivity contribution >= 4 is 0 Å². The van der Waals surface area contributed by atoms with Crippen LogP contribution in [0.4, 0.5) is 0 Å². The Kier molecular flexibility index (Phi) is 5.90. The molecule has 0 amide bonds. The molecule has 1 rings (SSSR count). The summed E-state index contributed by atoms with van der Waals surface area (Å²) >= 11 is 0. The summed E-state index contributed by atoms with van der Waals surface area (Å²) in [4.78, 5) is 4.99. The van der Waals surface area contributed by atoms with Crippen LogP contribution in [-0.4, -0.2) is 56.1 Å². The average Bonchev–Trinajstić information content (AvgIpc) is 2.65. The molecule has 1 saturated heterocycles. The van der Waals surface area contributed by atoms with Crippen LogP contribution in [0.3, 0.4) is 0 Å². The molecule has 3 nitrogen and oxygen atoms in total. The Bertz CT molecular complexity index is 214. The van der Waals surface area contributed by atoms with Crippen molar-refractivity contribution in [2.24, 2.45) is 11.1 Å². The number of rotatable bonds is 7. The lowest BCUT2D eigenvalue weighted by Gasteiger charge is -2.29. The highest BCUT2D eigenvalue weighted by Crippen LogP contribution is 2.23. The zero-order valence-electron chi connectivity index (χ0n) is 12.2. The number of hydrogen-bond acceptors (Lipinski definition) is 3. The molecule has 3 heteroatoms. The van der Waals surface area contributed by atoms with Gasteiger partial charge in [0.15, 0.2) is 0 Å². The van der Waals surface area contributed by atoms with E-state index in [1.54, 1.807) is 0 Å². The highest BCUT2D eigenvalue weighted by molar-refractivity contribution is 4.81. The van der Waals surface area contributed by atoms with Crippen molar-refractivity contribution in [1.29, 1.82) is 0 Å². The van der Waals surface area contributed by atoms with Gasteiger partial charge in [0.1, 0.15) is 0 Å². The topological polar surface area (TPSA) is 32.5 Å². The van der Waals surface area contributed by atoms with Crippen LogP contribution in [0.2, 0.25) is 0 Å². The van der Waals surface area contributed by atoms with Crippen LogP contribution in [0.5, 0.6) is 0 Å². The first kappa shape index (κ1) is 14.9. The second-order valence-corrected chi connectivity index (χ2v) is 6.57. The van der Waals surface area contributed by atoms with Gasteiger partial charge >= 0.3 is 0 Å². The summed E-state index contributed by atoms with van der Waals surface area (Å²) in [5.41, 5.74) is 6.09. The lowest BCUT2D eigenvalue weighted by atomic mass is 9.88. The largest absolute Gasteiger partial charge is 0.330 e. The van der Waals surface area contributed by atoms with Crippen LogP contribution in [0.15, 0.2) is 0 Å². The Morgan fingerprint density at radius 1 is 1.35 bits per heavy atom. The molecule has 1 aliphatic heterocycles. The van der Waals surface area contributed by atoms with Gasteiger partial charge in [-0.3, -0.25) is 4.90 Å². The van der Waals surface area contributed by atoms with Crippen molar-refractivity contribution in [3.63, 3.8) is 0 Å². The third-order valence-electron chi connectivity index (χ3n) is 3.93. The van der Waals surface area contributed by atoms with Gasteiger partial charge < -0.3 is 10.6 Å². The van der Waals surface area contributed by atoms with Crippen molar-refractivity contribution in [3.05, 3.63) is 0 Å². The molecule has 2 N–H and O–H groups in total. The second kappa shape index (κ2) is 6.72. The van der Waals surface area contributed by atoms with Crippen molar-refractivity contribution in [1.82, 2.24) is 9.80 Å². The zero-order valence-corrected chi connectivity index (χ0v) is 12.2. The summed E-state index contributed by atoms with van der Waals surface area (Å²) in [6.07, 6.45) is 5.28. The minimum atomic E-state index is 0.316. The molecule has 17 heavy (non-hydrogen) atoms. The first-order chi connectivity index (χ1) is 7.94. The van der Waals surface area contributed by atoms with E-state index < -0.39 is 0 Å². The lowest BCUT2D eigenvalue weighted by molar-refractivity contribution is 0.194. The molecule has 0 spiro atoms. The summed E-state index contributed by atoms with van der Waals surface area (Å²) in [7, 11) is 4.35. The van der Waals surface area contributed by atoms with E-state index in [0.717, 1.165) is 12.6 Å². The van der Waals surface area contributed by atoms with Gasteiger partial charge in [-0.25, -0.2) is 0 Å². The normalized spacial score (nSPS) is 22.6. The molecule has 1 atom stereocenters. The van der Waals surface area contributed by atoms with E-state index in [2.05, 4.69) is 37.7 Å². The molecule has 0 saturated carbocycles. The molecule has 0 aliphatic carbocycles. The van der Waals surface area contributed by atoms with E-state index >= 15 is 0 Å². The monoisotopic (exact) mass is 241 g/mol. The summed E-state index contributed by atoms with van der Waals surface area (Å²) in [5, 5.41) is 0. The molecule has 1 unspecified atom stereocenters. The van der Waals surface area contributed by atoms with E-state index in [0.29, 0.717) is 5.41 Å². The fourth-order valence-corrected chi connectivity index (χ4v) is 2.68. The lowest BCUT2D eigenvalue weighted by Crippen LogP contribution is -2.38. The maximum atomic E-state index is 5.77. The second-order valence-electron chi connectivity index (χ2n) is 6.57. The van der Waals surface area contributed by atoms with Gasteiger partial charge in [0.25, 0.3) is 0 Å². The molecule has 0 radical (unpaired) electrons. The first-order valence-electron chi connectivity index (χ1n) is 7.03. The summed E-state index contributed by atoms with van der Waals surface area (Å²) in [6, 6.07) is 0.783. The van der Waals surface area contributed by atoms with Gasteiger partial charge in [-0.1, -0.05) is 13.8 Å². The van der Waals surface area contributed by atoms with E-state index in [1.165, 1.54) is 45.3 Å². The standard InChI is InChI=1S/C14H31N3/c1-14(2,12-15)8-6-10-17-9-5-7-13(17)11-16(3)4/h13H,5-12,15H2,1-4H3. The van der Waals surface area contributed by atoms with Crippen LogP contribution in [0, 0.1) is 5.41 Å². The Hall–Kier alpha value is -0.120. The quantitative estimate of drug-likeness (QED) is 0.737. The minimum Gasteiger partial charge on any atom is -0.330 e. The van der Waals surface area contributed by atoms with Crippen molar-refractivity contribution in [3.8, 4) is 0 Å². The number of likely N-dealkylation sites (N-methyl/N-ethyl adjacent to an activating group) is 1. The zero-order chi connectivity index (χ0) is 12.9. The summed E-state index contributed by atoms with van der Waals surface area (Å²) in [6.45, 7) is 9.10. The molecule has 1 heterocycles. The minimum absolute atomic E-state index is 0.316. The van der Waals surface area contributed by atoms with Gasteiger partial charge in [-0.05, 0) is 64.8 Å². The van der Waals surface area contributed by atoms with Crippen LogP contribution < -0.4 is 5.73 Å². The first-order valence-corrected chi connectivity index (χ1v) is 7.03. The smallest absolute Gasteiger partial charge is 0.0223 e. The SMILES string of the molecule is CN(C)CC1CCCN1CCCC(C)(C)CN. The number of nitrogens with two attached hydrogens (primary N) is 1. The van der Waals surface area contributed by atoms with Gasteiger partial charge in [-0.15, -0.1) is 0 Å². The predicted octanol–water partition coefficient (Wildman–Crippen LogP) is 1.78. The highest BCUT2D eigenvalue weighted by Gasteiger charge is 2.25. The van der Waals surface area contributed by atoms with Crippen LogP contribution in [-0.2, 0) is 0 Å². The fraction of sp³-hybridized carbons (Fsp3) is 1.00. The van der Waals surface area contributed by atoms with Gasteiger partial charge in [0, 0.05) is 12.6 Å². The van der Waals surface area contributed by atoms with E-state index in [1.807, 2.05) is 0 Å². The Balaban J connectivity index is 2.26. The molecule has 0 aromatic carbocycles. The number of hydrogen-bond donors (Lipinski definition) is 1. The highest BCUT2D eigenvalue weighted by atomic mass is 15.2. The molecule has 1 fully saturated rings. The Morgan fingerprint density at radius 3 is 2.65 bits per heavy atom. The molecular formula is C14H31N3. The van der Waals surface area contributed by atoms with Crippen molar-refractivity contribution in [2.45, 2.75) is 45.6 Å². The maximum absolute atomic E-state index is 5.77. The molecule has 1 aliphatic rings. The molecule has 102 valence electrons. The third kappa shape index (κ3) is 5.36. The van der Waals surface area contributed by atoms with Crippen molar-refractivity contribution < 1.29 is 0 Å². The Morgan fingerprint density at radius 2 is 2.06 bits per heavy atom. The van der Waals surface area contributed by atoms with Gasteiger partial charge in [0.05, 0.1) is 0 Å². The molecule has 0 bridgehead atoms. The van der Waals surface area contributed by atoms with E-state index in [-0.39, 0.29) is 0 Å². The predicted molar refractivity (Wildman–Crippen MR) is 75.2 cm³/mol. The molecule has 0 aromatic rings. The van der Waals surface area contributed by atoms with Gasteiger partial charge in [-0.2, -0.15) is 0 Å². The molecular weight excluding hydrogens is 210 g/mol. The summed E-state index contributed by atoms with van der Waals surface area (Å²) in [5.74, 6) is 0. The van der Waals surface area contributed by atoms with E-state index in [9.17, 15) is 0 Å². The van der Waals surface area contributed by atoms with Crippen LogP contribution >= 0.6 is 0 Å².